The van der Waals surface area contributed by atoms with Crippen molar-refractivity contribution < 1.29 is 19.1 Å². The van der Waals surface area contributed by atoms with Crippen molar-refractivity contribution in [2.24, 2.45) is 0 Å². The van der Waals surface area contributed by atoms with Crippen molar-refractivity contribution in [3.63, 3.8) is 0 Å². The van der Waals surface area contributed by atoms with Crippen molar-refractivity contribution in [1.29, 1.82) is 0 Å². The van der Waals surface area contributed by atoms with E-state index in [-0.39, 0.29) is 18.7 Å². The molecule has 6 nitrogen and oxygen atoms in total. The van der Waals surface area contributed by atoms with Crippen LogP contribution in [0.25, 0.3) is 0 Å². The first-order valence-electron chi connectivity index (χ1n) is 7.43. The molecule has 1 aliphatic carbocycles. The number of cyclic esters (lactones) is 1. The van der Waals surface area contributed by atoms with Crippen LogP contribution >= 0.6 is 0 Å². The molecule has 2 rings (SSSR count). The lowest BCUT2D eigenvalue weighted by molar-refractivity contribution is 0.156. The largest absolute Gasteiger partial charge is 0.447 e. The summed E-state index contributed by atoms with van der Waals surface area (Å²) >= 11 is 0. The topological polar surface area (TPSA) is 67.9 Å². The maximum absolute atomic E-state index is 12.0. The van der Waals surface area contributed by atoms with Crippen LogP contribution in [0.1, 0.15) is 26.7 Å². The van der Waals surface area contributed by atoms with E-state index in [2.05, 4.69) is 17.5 Å². The SMILES string of the molecule is C/C=C(\OC(=O)NC(C)C1=CCCC=C1)C1COC(=O)N1C. The van der Waals surface area contributed by atoms with E-state index in [1.807, 2.05) is 13.0 Å². The number of amides is 2. The molecule has 1 heterocycles. The molecule has 0 bridgehead atoms. The molecule has 2 atom stereocenters. The van der Waals surface area contributed by atoms with E-state index in [0.29, 0.717) is 5.76 Å². The number of nitrogens with one attached hydrogen (secondary N) is 1. The molecule has 0 aromatic carbocycles. The molecule has 1 aliphatic heterocycles. The number of ether oxygens (including phenoxy) is 2. The lowest BCUT2D eigenvalue weighted by atomic mass is 10.0. The highest BCUT2D eigenvalue weighted by molar-refractivity contribution is 5.72. The average molecular weight is 306 g/mol. The van der Waals surface area contributed by atoms with Crippen LogP contribution in [-0.2, 0) is 9.47 Å². The highest BCUT2D eigenvalue weighted by atomic mass is 16.6. The van der Waals surface area contributed by atoms with Gasteiger partial charge in [0.2, 0.25) is 0 Å². The molecule has 0 aromatic heterocycles. The first kappa shape index (κ1) is 16.1. The molecule has 1 saturated heterocycles. The molecule has 22 heavy (non-hydrogen) atoms. The zero-order valence-corrected chi connectivity index (χ0v) is 13.2. The Morgan fingerprint density at radius 1 is 1.55 bits per heavy atom. The molecule has 0 saturated carbocycles. The maximum Gasteiger partial charge on any atom is 0.412 e. The van der Waals surface area contributed by atoms with E-state index in [1.54, 1.807) is 20.0 Å². The molecule has 0 spiro atoms. The van der Waals surface area contributed by atoms with Gasteiger partial charge in [-0.05, 0) is 38.3 Å². The summed E-state index contributed by atoms with van der Waals surface area (Å²) in [5, 5.41) is 2.80. The van der Waals surface area contributed by atoms with E-state index in [0.717, 1.165) is 18.4 Å². The van der Waals surface area contributed by atoms with Gasteiger partial charge in [0.05, 0.1) is 6.04 Å². The second kappa shape index (κ2) is 7.15. The Hall–Kier alpha value is -2.24. The van der Waals surface area contributed by atoms with Gasteiger partial charge in [0.15, 0.2) is 0 Å². The Bertz CT molecular complexity index is 536. The first-order valence-corrected chi connectivity index (χ1v) is 7.43. The first-order chi connectivity index (χ1) is 10.5. The third-order valence-corrected chi connectivity index (χ3v) is 3.80. The number of nitrogens with zero attached hydrogens (tertiary/aromatic N) is 1. The van der Waals surface area contributed by atoms with Crippen molar-refractivity contribution >= 4 is 12.2 Å². The summed E-state index contributed by atoms with van der Waals surface area (Å²) < 4.78 is 10.3. The molecule has 0 radical (unpaired) electrons. The molecule has 1 fully saturated rings. The van der Waals surface area contributed by atoms with E-state index in [4.69, 9.17) is 9.47 Å². The van der Waals surface area contributed by atoms with Crippen molar-refractivity contribution in [2.75, 3.05) is 13.7 Å². The zero-order valence-electron chi connectivity index (χ0n) is 13.2. The standard InChI is InChI=1S/C16H22N2O4/c1-4-14(13-10-21-16(20)18(13)3)22-15(19)17-11(2)12-8-6-5-7-9-12/h4,6,8-9,11,13H,5,7,10H2,1-3H3,(H,17,19)/b14-4-. The third kappa shape index (κ3) is 3.69. The summed E-state index contributed by atoms with van der Waals surface area (Å²) in [5.41, 5.74) is 1.07. The molecule has 2 unspecified atom stereocenters. The Labute approximate surface area is 130 Å². The van der Waals surface area contributed by atoms with Gasteiger partial charge in [-0.3, -0.25) is 4.90 Å². The van der Waals surface area contributed by atoms with Crippen LogP contribution in [0.5, 0.6) is 0 Å². The van der Waals surface area contributed by atoms with Crippen molar-refractivity contribution in [1.82, 2.24) is 10.2 Å². The van der Waals surface area contributed by atoms with Gasteiger partial charge >= 0.3 is 12.2 Å². The van der Waals surface area contributed by atoms with Gasteiger partial charge in [0, 0.05) is 7.05 Å². The fourth-order valence-corrected chi connectivity index (χ4v) is 2.43. The van der Waals surface area contributed by atoms with Crippen LogP contribution in [0.2, 0.25) is 0 Å². The number of rotatable bonds is 4. The predicted molar refractivity (Wildman–Crippen MR) is 82.2 cm³/mol. The fraction of sp³-hybridized carbons (Fsp3) is 0.500. The summed E-state index contributed by atoms with van der Waals surface area (Å²) in [6.07, 6.45) is 8.96. The molecule has 2 amide bonds. The Morgan fingerprint density at radius 2 is 2.32 bits per heavy atom. The van der Waals surface area contributed by atoms with Crippen molar-refractivity contribution in [3.8, 4) is 0 Å². The molecular weight excluding hydrogens is 284 g/mol. The Morgan fingerprint density at radius 3 is 2.86 bits per heavy atom. The van der Waals surface area contributed by atoms with Crippen molar-refractivity contribution in [2.45, 2.75) is 38.8 Å². The average Bonchev–Trinajstić information content (AvgIpc) is 2.85. The summed E-state index contributed by atoms with van der Waals surface area (Å²) in [6, 6.07) is -0.492. The minimum Gasteiger partial charge on any atom is -0.447 e. The lowest BCUT2D eigenvalue weighted by Gasteiger charge is -2.21. The number of allylic oxidation sites excluding steroid dienone is 3. The third-order valence-electron chi connectivity index (χ3n) is 3.80. The van der Waals surface area contributed by atoms with Crippen LogP contribution in [0, 0.1) is 0 Å². The van der Waals surface area contributed by atoms with E-state index < -0.39 is 12.2 Å². The minimum absolute atomic E-state index is 0.124. The Balaban J connectivity index is 1.91. The number of hydrogen-bond acceptors (Lipinski definition) is 4. The number of carbonyl (C=O) groups is 2. The molecule has 0 aromatic rings. The van der Waals surface area contributed by atoms with Gasteiger partial charge in [-0.2, -0.15) is 0 Å². The van der Waals surface area contributed by atoms with E-state index in [1.165, 1.54) is 4.90 Å². The molecular formula is C16H22N2O4. The Kier molecular flexibility index (Phi) is 5.25. The zero-order chi connectivity index (χ0) is 16.1. The molecule has 120 valence electrons. The van der Waals surface area contributed by atoms with E-state index >= 15 is 0 Å². The van der Waals surface area contributed by atoms with Crippen LogP contribution in [-0.4, -0.2) is 42.8 Å². The van der Waals surface area contributed by atoms with Crippen LogP contribution in [0.15, 0.2) is 35.6 Å². The number of alkyl carbamates (subject to hydrolysis) is 1. The highest BCUT2D eigenvalue weighted by Crippen LogP contribution is 2.19. The summed E-state index contributed by atoms with van der Waals surface area (Å²) in [6.45, 7) is 3.85. The maximum atomic E-state index is 12.0. The van der Waals surface area contributed by atoms with E-state index in [9.17, 15) is 9.59 Å². The molecule has 6 heteroatoms. The van der Waals surface area contributed by atoms with Crippen LogP contribution in [0.4, 0.5) is 9.59 Å². The van der Waals surface area contributed by atoms with Gasteiger partial charge in [0.25, 0.3) is 0 Å². The summed E-state index contributed by atoms with van der Waals surface area (Å²) in [4.78, 5) is 24.8. The smallest absolute Gasteiger partial charge is 0.412 e. The molecule has 2 aliphatic rings. The number of carbonyl (C=O) groups excluding carboxylic acids is 2. The van der Waals surface area contributed by atoms with Crippen LogP contribution < -0.4 is 5.32 Å². The highest BCUT2D eigenvalue weighted by Gasteiger charge is 2.34. The normalized spacial score (nSPS) is 23.0. The quantitative estimate of drug-likeness (QED) is 0.811. The summed E-state index contributed by atoms with van der Waals surface area (Å²) in [5.74, 6) is 0.409. The van der Waals surface area contributed by atoms with Gasteiger partial charge in [0.1, 0.15) is 18.4 Å². The van der Waals surface area contributed by atoms with Gasteiger partial charge < -0.3 is 14.8 Å². The monoisotopic (exact) mass is 306 g/mol. The summed E-state index contributed by atoms with van der Waals surface area (Å²) in [7, 11) is 1.62. The lowest BCUT2D eigenvalue weighted by Crippen LogP contribution is -2.38. The minimum atomic E-state index is -0.534. The van der Waals surface area contributed by atoms with Gasteiger partial charge in [-0.15, -0.1) is 0 Å². The fourth-order valence-electron chi connectivity index (χ4n) is 2.43. The van der Waals surface area contributed by atoms with Gasteiger partial charge in [-0.1, -0.05) is 18.2 Å². The predicted octanol–water partition coefficient (Wildman–Crippen LogP) is 2.73. The second-order valence-corrected chi connectivity index (χ2v) is 5.33. The molecule has 1 N–H and O–H groups in total. The van der Waals surface area contributed by atoms with Crippen molar-refractivity contribution in [3.05, 3.63) is 35.6 Å². The second-order valence-electron chi connectivity index (χ2n) is 5.33. The van der Waals surface area contributed by atoms with Crippen LogP contribution in [0.3, 0.4) is 0 Å². The number of likely N-dealkylation sites (N-methyl/N-ethyl adjacent to an activating group) is 1. The van der Waals surface area contributed by atoms with Gasteiger partial charge in [-0.25, -0.2) is 9.59 Å². The number of hydrogen-bond donors (Lipinski definition) is 1.